The lowest BCUT2D eigenvalue weighted by molar-refractivity contribution is 0.0403. The summed E-state index contributed by atoms with van der Waals surface area (Å²) in [6.45, 7) is 2.45. The van der Waals surface area contributed by atoms with Crippen LogP contribution in [0.5, 0.6) is 5.88 Å². The highest BCUT2D eigenvalue weighted by molar-refractivity contribution is 6.01. The molecule has 6 nitrogen and oxygen atoms in total. The Morgan fingerprint density at radius 3 is 2.69 bits per heavy atom. The summed E-state index contributed by atoms with van der Waals surface area (Å²) in [5, 5.41) is 0. The molecule has 32 heavy (non-hydrogen) atoms. The van der Waals surface area contributed by atoms with Crippen LogP contribution in [0.1, 0.15) is 41.6 Å². The molecular weight excluding hydrogens is 407 g/mol. The number of hydrogen-bond acceptors (Lipinski definition) is 5. The van der Waals surface area contributed by atoms with Crippen molar-refractivity contribution in [1.29, 1.82) is 0 Å². The van der Waals surface area contributed by atoms with Gasteiger partial charge in [0, 0.05) is 42.0 Å². The van der Waals surface area contributed by atoms with Crippen molar-refractivity contribution in [3.8, 4) is 17.3 Å². The molecule has 0 N–H and O–H groups in total. The molecule has 2 unspecified atom stereocenters. The summed E-state index contributed by atoms with van der Waals surface area (Å²) in [5.74, 6) is 0.829. The van der Waals surface area contributed by atoms with Crippen molar-refractivity contribution in [1.82, 2.24) is 19.9 Å². The molecule has 3 aromatic rings. The number of halogens is 1. The molecule has 1 aromatic carbocycles. The van der Waals surface area contributed by atoms with E-state index in [1.54, 1.807) is 18.5 Å². The van der Waals surface area contributed by atoms with Crippen LogP contribution in [-0.4, -0.2) is 44.4 Å². The van der Waals surface area contributed by atoms with E-state index >= 15 is 0 Å². The van der Waals surface area contributed by atoms with Gasteiger partial charge in [0.05, 0.1) is 18.4 Å². The second-order valence-corrected chi connectivity index (χ2v) is 8.60. The maximum Gasteiger partial charge on any atom is 0.255 e. The molecule has 2 aliphatic heterocycles. The van der Waals surface area contributed by atoms with Crippen LogP contribution in [0.2, 0.25) is 0 Å². The maximum atomic E-state index is 13.8. The van der Waals surface area contributed by atoms with E-state index in [9.17, 15) is 9.18 Å². The van der Waals surface area contributed by atoms with Crippen LogP contribution in [0.15, 0.2) is 55.0 Å². The van der Waals surface area contributed by atoms with E-state index in [0.29, 0.717) is 23.9 Å². The molecule has 2 fully saturated rings. The number of aryl methyl sites for hydroxylation is 1. The van der Waals surface area contributed by atoms with Crippen molar-refractivity contribution in [3.05, 3.63) is 71.9 Å². The van der Waals surface area contributed by atoms with Crippen LogP contribution < -0.4 is 4.74 Å². The molecule has 0 aliphatic carbocycles. The minimum absolute atomic E-state index is 0.0354. The monoisotopic (exact) mass is 432 g/mol. The number of amides is 1. The van der Waals surface area contributed by atoms with E-state index in [4.69, 9.17) is 4.74 Å². The van der Waals surface area contributed by atoms with Gasteiger partial charge in [-0.05, 0) is 50.8 Å². The topological polar surface area (TPSA) is 68.2 Å². The standard InChI is InChI=1S/C25H25FN4O2/c1-16-3-8-20(24-27-11-2-12-28-24)21(13-16)25(31)30-19-6-4-17(22(30)9-7-19)15-32-23-10-5-18(26)14-29-23/h2-3,5,8,10-14,17,19,22H,4,6-7,9,15H2,1H3/t17?,19?,22-/m0/s1. The molecule has 0 saturated carbocycles. The Labute approximate surface area is 186 Å². The molecule has 2 bridgehead atoms. The van der Waals surface area contributed by atoms with Gasteiger partial charge in [-0.3, -0.25) is 4.79 Å². The quantitative estimate of drug-likeness (QED) is 0.596. The van der Waals surface area contributed by atoms with Crippen LogP contribution in [0.4, 0.5) is 4.39 Å². The third kappa shape index (κ3) is 3.95. The van der Waals surface area contributed by atoms with Gasteiger partial charge in [0.25, 0.3) is 5.91 Å². The lowest BCUT2D eigenvalue weighted by Gasteiger charge is -2.40. The number of ether oxygens (including phenoxy) is 1. The Morgan fingerprint density at radius 2 is 1.91 bits per heavy atom. The van der Waals surface area contributed by atoms with Crippen molar-refractivity contribution in [2.45, 2.75) is 44.7 Å². The van der Waals surface area contributed by atoms with Crippen molar-refractivity contribution in [3.63, 3.8) is 0 Å². The second-order valence-electron chi connectivity index (χ2n) is 8.60. The highest BCUT2D eigenvalue weighted by Crippen LogP contribution is 2.41. The van der Waals surface area contributed by atoms with Crippen LogP contribution in [0.25, 0.3) is 11.4 Å². The van der Waals surface area contributed by atoms with Gasteiger partial charge in [-0.25, -0.2) is 19.3 Å². The van der Waals surface area contributed by atoms with Crippen molar-refractivity contribution >= 4 is 5.91 Å². The first-order valence-corrected chi connectivity index (χ1v) is 11.0. The number of pyridine rings is 1. The number of carbonyl (C=O) groups excluding carboxylic acids is 1. The zero-order valence-electron chi connectivity index (χ0n) is 17.9. The van der Waals surface area contributed by atoms with Crippen molar-refractivity contribution in [2.24, 2.45) is 5.92 Å². The Hall–Kier alpha value is -3.35. The molecule has 7 heteroatoms. The Morgan fingerprint density at radius 1 is 1.09 bits per heavy atom. The number of piperidine rings is 1. The predicted octanol–water partition coefficient (Wildman–Crippen LogP) is 4.45. The van der Waals surface area contributed by atoms with Gasteiger partial charge < -0.3 is 9.64 Å². The third-order valence-electron chi connectivity index (χ3n) is 6.55. The van der Waals surface area contributed by atoms with E-state index in [0.717, 1.165) is 43.0 Å². The van der Waals surface area contributed by atoms with Crippen molar-refractivity contribution in [2.75, 3.05) is 6.61 Å². The summed E-state index contributed by atoms with van der Waals surface area (Å²) < 4.78 is 19.0. The SMILES string of the molecule is Cc1ccc(-c2ncccn2)c(C(=O)N2C3CCC(COc4ccc(F)cn4)[C@@H]2CC3)c1. The normalized spacial score (nSPS) is 22.1. The molecule has 1 amide bonds. The highest BCUT2D eigenvalue weighted by Gasteiger charge is 2.45. The first-order valence-electron chi connectivity index (χ1n) is 11.0. The molecule has 4 heterocycles. The lowest BCUT2D eigenvalue weighted by atomic mass is 9.89. The molecule has 3 atom stereocenters. The average Bonchev–Trinajstić information content (AvgIpc) is 3.13. The first kappa shape index (κ1) is 20.5. The second kappa shape index (κ2) is 8.65. The third-order valence-corrected chi connectivity index (χ3v) is 6.55. The van der Waals surface area contributed by atoms with Crippen LogP contribution in [-0.2, 0) is 0 Å². The zero-order valence-corrected chi connectivity index (χ0v) is 17.9. The number of fused-ring (bicyclic) bond motifs is 2. The zero-order chi connectivity index (χ0) is 22.1. The van der Waals surface area contributed by atoms with E-state index in [1.807, 2.05) is 25.1 Å². The highest BCUT2D eigenvalue weighted by atomic mass is 19.1. The minimum Gasteiger partial charge on any atom is -0.477 e. The molecule has 5 rings (SSSR count). The number of nitrogens with zero attached hydrogens (tertiary/aromatic N) is 4. The van der Waals surface area contributed by atoms with Gasteiger partial charge in [-0.15, -0.1) is 0 Å². The summed E-state index contributed by atoms with van der Waals surface area (Å²) in [6, 6.07) is 10.9. The number of carbonyl (C=O) groups is 1. The van der Waals surface area contributed by atoms with Gasteiger partial charge in [0.1, 0.15) is 5.82 Å². The molecule has 2 aliphatic rings. The fourth-order valence-corrected chi connectivity index (χ4v) is 5.02. The molecule has 2 aromatic heterocycles. The van der Waals surface area contributed by atoms with Crippen LogP contribution >= 0.6 is 0 Å². The van der Waals surface area contributed by atoms with Gasteiger partial charge in [0.2, 0.25) is 5.88 Å². The van der Waals surface area contributed by atoms with Crippen molar-refractivity contribution < 1.29 is 13.9 Å². The Kier molecular flexibility index (Phi) is 5.55. The Balaban J connectivity index is 1.39. The summed E-state index contributed by atoms with van der Waals surface area (Å²) >= 11 is 0. The number of rotatable bonds is 5. The number of hydrogen-bond donors (Lipinski definition) is 0. The summed E-state index contributed by atoms with van der Waals surface area (Å²) in [6.07, 6.45) is 8.46. The largest absolute Gasteiger partial charge is 0.477 e. The van der Waals surface area contributed by atoms with Gasteiger partial charge in [0.15, 0.2) is 5.82 Å². The first-order chi connectivity index (χ1) is 15.6. The fourth-order valence-electron chi connectivity index (χ4n) is 5.02. The van der Waals surface area contributed by atoms with Gasteiger partial charge in [-0.1, -0.05) is 17.7 Å². The summed E-state index contributed by atoms with van der Waals surface area (Å²) in [7, 11) is 0. The predicted molar refractivity (Wildman–Crippen MR) is 118 cm³/mol. The summed E-state index contributed by atoms with van der Waals surface area (Å²) in [5.41, 5.74) is 2.43. The maximum absolute atomic E-state index is 13.8. The van der Waals surface area contributed by atoms with Gasteiger partial charge >= 0.3 is 0 Å². The van der Waals surface area contributed by atoms with Crippen LogP contribution in [0.3, 0.4) is 0 Å². The average molecular weight is 432 g/mol. The summed E-state index contributed by atoms with van der Waals surface area (Å²) in [4.78, 5) is 28.6. The molecular formula is C25H25FN4O2. The van der Waals surface area contributed by atoms with Crippen LogP contribution in [0, 0.1) is 18.7 Å². The smallest absolute Gasteiger partial charge is 0.255 e. The van der Waals surface area contributed by atoms with E-state index in [2.05, 4.69) is 19.9 Å². The molecule has 0 radical (unpaired) electrons. The van der Waals surface area contributed by atoms with E-state index in [-0.39, 0.29) is 29.7 Å². The molecule has 2 saturated heterocycles. The fraction of sp³-hybridized carbons (Fsp3) is 0.360. The Bertz CT molecular complexity index is 1110. The minimum atomic E-state index is -0.387. The molecule has 0 spiro atoms. The lowest BCUT2D eigenvalue weighted by Crippen LogP contribution is -2.49. The number of benzene rings is 1. The van der Waals surface area contributed by atoms with E-state index in [1.165, 1.54) is 12.1 Å². The molecule has 164 valence electrons. The number of aromatic nitrogens is 3. The van der Waals surface area contributed by atoms with Gasteiger partial charge in [-0.2, -0.15) is 0 Å². The van der Waals surface area contributed by atoms with E-state index < -0.39 is 0 Å².